The summed E-state index contributed by atoms with van der Waals surface area (Å²) >= 11 is 0. The molecule has 0 aliphatic carbocycles. The number of rotatable bonds is 3. The van der Waals surface area contributed by atoms with Crippen LogP contribution in [0.3, 0.4) is 0 Å². The SMILES string of the molecule is COc1ccc(S(=O)(=O)N2C3CCC2c2cncnc2C3)cc1C. The third-order valence-electron chi connectivity index (χ3n) is 5.00. The first-order chi connectivity index (χ1) is 11.5. The van der Waals surface area contributed by atoms with E-state index in [0.29, 0.717) is 17.1 Å². The number of ether oxygens (including phenoxy) is 1. The van der Waals surface area contributed by atoms with Crippen molar-refractivity contribution in [3.05, 3.63) is 47.5 Å². The molecule has 0 amide bonds. The van der Waals surface area contributed by atoms with E-state index in [1.807, 2.05) is 6.92 Å². The fraction of sp³-hybridized carbons (Fsp3) is 0.412. The number of hydrogen-bond acceptors (Lipinski definition) is 5. The number of benzene rings is 1. The lowest BCUT2D eigenvalue weighted by Crippen LogP contribution is -2.42. The summed E-state index contributed by atoms with van der Waals surface area (Å²) in [5, 5.41) is 0. The predicted octanol–water partition coefficient (Wildman–Crippen LogP) is 2.24. The van der Waals surface area contributed by atoms with Gasteiger partial charge in [0.2, 0.25) is 10.0 Å². The van der Waals surface area contributed by atoms with Gasteiger partial charge in [0, 0.05) is 24.2 Å². The maximum Gasteiger partial charge on any atom is 0.243 e. The first-order valence-corrected chi connectivity index (χ1v) is 9.43. The molecule has 1 saturated heterocycles. The van der Waals surface area contributed by atoms with Gasteiger partial charge >= 0.3 is 0 Å². The maximum atomic E-state index is 13.3. The lowest BCUT2D eigenvalue weighted by Gasteiger charge is -2.34. The van der Waals surface area contributed by atoms with Crippen LogP contribution in [0.1, 0.15) is 35.7 Å². The van der Waals surface area contributed by atoms with Crippen LogP contribution < -0.4 is 4.74 Å². The predicted molar refractivity (Wildman–Crippen MR) is 88.3 cm³/mol. The largest absolute Gasteiger partial charge is 0.496 e. The van der Waals surface area contributed by atoms with Crippen molar-refractivity contribution in [2.45, 2.75) is 43.2 Å². The summed E-state index contributed by atoms with van der Waals surface area (Å²) in [6.07, 6.45) is 5.63. The highest BCUT2D eigenvalue weighted by Gasteiger charge is 2.47. The minimum Gasteiger partial charge on any atom is -0.496 e. The van der Waals surface area contributed by atoms with Gasteiger partial charge in [-0.3, -0.25) is 0 Å². The van der Waals surface area contributed by atoms with Crippen LogP contribution in [0.25, 0.3) is 0 Å². The fourth-order valence-corrected chi connectivity index (χ4v) is 5.81. The van der Waals surface area contributed by atoms with Gasteiger partial charge in [0.25, 0.3) is 0 Å². The molecule has 2 atom stereocenters. The average Bonchev–Trinajstić information content (AvgIpc) is 2.91. The van der Waals surface area contributed by atoms with Gasteiger partial charge in [-0.05, 0) is 43.5 Å². The Morgan fingerprint density at radius 3 is 2.88 bits per heavy atom. The van der Waals surface area contributed by atoms with E-state index in [0.717, 1.165) is 29.7 Å². The summed E-state index contributed by atoms with van der Waals surface area (Å²) < 4.78 is 33.4. The van der Waals surface area contributed by atoms with Crippen molar-refractivity contribution >= 4 is 10.0 Å². The Morgan fingerprint density at radius 2 is 2.12 bits per heavy atom. The van der Waals surface area contributed by atoms with E-state index in [1.54, 1.807) is 35.8 Å². The Hall–Kier alpha value is -1.99. The molecule has 2 aliphatic heterocycles. The normalized spacial score (nSPS) is 23.1. The van der Waals surface area contributed by atoms with E-state index in [4.69, 9.17) is 4.74 Å². The first kappa shape index (κ1) is 15.5. The molecule has 1 fully saturated rings. The van der Waals surface area contributed by atoms with Crippen LogP contribution in [0, 0.1) is 6.92 Å². The number of fused-ring (bicyclic) bond motifs is 4. The Kier molecular flexibility index (Phi) is 3.58. The molecule has 7 heteroatoms. The molecule has 1 aromatic heterocycles. The summed E-state index contributed by atoms with van der Waals surface area (Å²) in [5.41, 5.74) is 2.74. The molecule has 0 radical (unpaired) electrons. The minimum absolute atomic E-state index is 0.0233. The second-order valence-electron chi connectivity index (χ2n) is 6.34. The number of nitrogens with zero attached hydrogens (tertiary/aromatic N) is 3. The summed E-state index contributed by atoms with van der Waals surface area (Å²) in [6, 6.07) is 4.84. The van der Waals surface area contributed by atoms with E-state index in [2.05, 4.69) is 9.97 Å². The van der Waals surface area contributed by atoms with Crippen LogP contribution in [-0.4, -0.2) is 35.8 Å². The molecular weight excluding hydrogens is 326 g/mol. The van der Waals surface area contributed by atoms with E-state index < -0.39 is 10.0 Å². The molecule has 3 heterocycles. The van der Waals surface area contributed by atoms with Gasteiger partial charge in [-0.25, -0.2) is 18.4 Å². The molecule has 0 saturated carbocycles. The van der Waals surface area contributed by atoms with E-state index in [-0.39, 0.29) is 12.1 Å². The van der Waals surface area contributed by atoms with Gasteiger partial charge in [0.15, 0.2) is 0 Å². The quantitative estimate of drug-likeness (QED) is 0.853. The zero-order valence-electron chi connectivity index (χ0n) is 13.6. The number of methoxy groups -OCH3 is 1. The molecule has 2 aliphatic rings. The molecule has 2 bridgehead atoms. The Balaban J connectivity index is 1.77. The van der Waals surface area contributed by atoms with Crippen molar-refractivity contribution < 1.29 is 13.2 Å². The van der Waals surface area contributed by atoms with Crippen molar-refractivity contribution in [1.82, 2.24) is 14.3 Å². The van der Waals surface area contributed by atoms with Gasteiger partial charge in [0.05, 0.1) is 23.7 Å². The van der Waals surface area contributed by atoms with Gasteiger partial charge in [-0.15, -0.1) is 0 Å². The molecule has 2 unspecified atom stereocenters. The molecule has 6 nitrogen and oxygen atoms in total. The molecule has 4 rings (SSSR count). The molecule has 2 aromatic rings. The number of sulfonamides is 1. The highest BCUT2D eigenvalue weighted by molar-refractivity contribution is 7.89. The molecule has 0 spiro atoms. The van der Waals surface area contributed by atoms with Crippen LogP contribution >= 0.6 is 0 Å². The minimum atomic E-state index is -3.57. The van der Waals surface area contributed by atoms with E-state index in [9.17, 15) is 8.42 Å². The molecule has 0 N–H and O–H groups in total. The second-order valence-corrected chi connectivity index (χ2v) is 8.19. The number of hydrogen-bond donors (Lipinski definition) is 0. The third kappa shape index (κ3) is 2.22. The lowest BCUT2D eigenvalue weighted by molar-refractivity contribution is 0.300. The van der Waals surface area contributed by atoms with Crippen LogP contribution in [0.4, 0.5) is 0 Å². The summed E-state index contributed by atoms with van der Waals surface area (Å²) in [6.45, 7) is 1.85. The van der Waals surface area contributed by atoms with Crippen molar-refractivity contribution in [1.29, 1.82) is 0 Å². The Labute approximate surface area is 141 Å². The second kappa shape index (κ2) is 5.53. The zero-order chi connectivity index (χ0) is 16.9. The highest BCUT2D eigenvalue weighted by atomic mass is 32.2. The molecule has 24 heavy (non-hydrogen) atoms. The van der Waals surface area contributed by atoms with Crippen LogP contribution in [0.2, 0.25) is 0 Å². The highest BCUT2D eigenvalue weighted by Crippen LogP contribution is 2.46. The number of aromatic nitrogens is 2. The van der Waals surface area contributed by atoms with Crippen molar-refractivity contribution in [3.8, 4) is 5.75 Å². The third-order valence-corrected chi connectivity index (χ3v) is 6.95. The van der Waals surface area contributed by atoms with Crippen LogP contribution in [-0.2, 0) is 16.4 Å². The topological polar surface area (TPSA) is 72.4 Å². The van der Waals surface area contributed by atoms with Gasteiger partial charge in [-0.2, -0.15) is 4.31 Å². The van der Waals surface area contributed by atoms with E-state index in [1.165, 1.54) is 6.33 Å². The van der Waals surface area contributed by atoms with Gasteiger partial charge < -0.3 is 4.74 Å². The average molecular weight is 345 g/mol. The molecular formula is C17H19N3O3S. The number of aryl methyl sites for hydroxylation is 1. The Bertz CT molecular complexity index is 898. The Morgan fingerprint density at radius 1 is 1.29 bits per heavy atom. The van der Waals surface area contributed by atoms with Crippen molar-refractivity contribution in [2.24, 2.45) is 0 Å². The standard InChI is InChI=1S/C17H19N3O3S/c1-11-7-13(4-6-17(11)23-2)24(21,22)20-12-3-5-16(20)14-9-18-10-19-15(14)8-12/h4,6-7,9-10,12,16H,3,5,8H2,1-2H3. The maximum absolute atomic E-state index is 13.3. The molecule has 1 aromatic carbocycles. The summed E-state index contributed by atoms with van der Waals surface area (Å²) in [7, 11) is -1.98. The van der Waals surface area contributed by atoms with Gasteiger partial charge in [-0.1, -0.05) is 0 Å². The summed E-state index contributed by atoms with van der Waals surface area (Å²) in [4.78, 5) is 8.75. The fourth-order valence-electron chi connectivity index (χ4n) is 3.88. The van der Waals surface area contributed by atoms with E-state index >= 15 is 0 Å². The lowest BCUT2D eigenvalue weighted by atomic mass is 10.0. The van der Waals surface area contributed by atoms with Crippen LogP contribution in [0.5, 0.6) is 5.75 Å². The molecule has 126 valence electrons. The first-order valence-electron chi connectivity index (χ1n) is 7.99. The smallest absolute Gasteiger partial charge is 0.243 e. The van der Waals surface area contributed by atoms with Crippen molar-refractivity contribution in [3.63, 3.8) is 0 Å². The van der Waals surface area contributed by atoms with Crippen molar-refractivity contribution in [2.75, 3.05) is 7.11 Å². The van der Waals surface area contributed by atoms with Gasteiger partial charge in [0.1, 0.15) is 12.1 Å². The van der Waals surface area contributed by atoms with Crippen LogP contribution in [0.15, 0.2) is 35.6 Å². The zero-order valence-corrected chi connectivity index (χ0v) is 14.5. The monoisotopic (exact) mass is 345 g/mol. The summed E-state index contributed by atoms with van der Waals surface area (Å²) in [5.74, 6) is 0.689.